The highest BCUT2D eigenvalue weighted by Gasteiger charge is 2.24. The smallest absolute Gasteiger partial charge is 0.246 e. The van der Waals surface area contributed by atoms with Crippen LogP contribution in [0.2, 0.25) is 0 Å². The third-order valence-electron chi connectivity index (χ3n) is 4.58. The number of methoxy groups -OCH3 is 1. The van der Waals surface area contributed by atoms with Gasteiger partial charge in [0, 0.05) is 18.0 Å². The van der Waals surface area contributed by atoms with Crippen molar-refractivity contribution in [2.24, 2.45) is 0 Å². The van der Waals surface area contributed by atoms with Crippen LogP contribution in [-0.4, -0.2) is 25.7 Å². The van der Waals surface area contributed by atoms with Gasteiger partial charge in [0.1, 0.15) is 0 Å². The minimum absolute atomic E-state index is 0.0350. The lowest BCUT2D eigenvalue weighted by Gasteiger charge is -2.25. The molecule has 1 saturated heterocycles. The summed E-state index contributed by atoms with van der Waals surface area (Å²) in [5.41, 5.74) is 1.81. The molecule has 4 nitrogen and oxygen atoms in total. The summed E-state index contributed by atoms with van der Waals surface area (Å²) in [6.07, 6.45) is 5.70. The number of carbonyl (C=O) groups excluding carboxylic acids is 1. The largest absolute Gasteiger partial charge is 0.493 e. The molecule has 1 atom stereocenters. The van der Waals surface area contributed by atoms with E-state index < -0.39 is 0 Å². The van der Waals surface area contributed by atoms with Gasteiger partial charge < -0.3 is 14.8 Å². The maximum absolute atomic E-state index is 11.5. The van der Waals surface area contributed by atoms with Gasteiger partial charge >= 0.3 is 0 Å². The first-order valence-corrected chi connectivity index (χ1v) is 7.98. The summed E-state index contributed by atoms with van der Waals surface area (Å²) < 4.78 is 11.6. The summed E-state index contributed by atoms with van der Waals surface area (Å²) in [4.78, 5) is 11.5. The number of hydrogen-bond donors (Lipinski definition) is 1. The molecule has 1 aliphatic carbocycles. The van der Waals surface area contributed by atoms with Crippen molar-refractivity contribution < 1.29 is 14.3 Å². The zero-order valence-corrected chi connectivity index (χ0v) is 13.1. The molecule has 0 radical (unpaired) electrons. The molecule has 3 rings (SSSR count). The molecule has 1 N–H and O–H groups in total. The molecule has 1 amide bonds. The van der Waals surface area contributed by atoms with Crippen LogP contribution in [0, 0.1) is 0 Å². The molecule has 2 fully saturated rings. The van der Waals surface area contributed by atoms with Gasteiger partial charge in [0.05, 0.1) is 13.2 Å². The molecule has 1 aromatic carbocycles. The monoisotopic (exact) mass is 301 g/mol. The molecule has 0 aromatic heterocycles. The normalized spacial score (nSPS) is 22.5. The first-order chi connectivity index (χ1) is 10.7. The van der Waals surface area contributed by atoms with Crippen LogP contribution >= 0.6 is 0 Å². The van der Waals surface area contributed by atoms with E-state index in [9.17, 15) is 4.79 Å². The summed E-state index contributed by atoms with van der Waals surface area (Å²) in [7, 11) is 1.67. The molecule has 2 aliphatic rings. The van der Waals surface area contributed by atoms with Gasteiger partial charge in [0.2, 0.25) is 5.91 Å². The molecule has 4 heteroatoms. The number of rotatable bonds is 4. The van der Waals surface area contributed by atoms with Crippen LogP contribution in [0.25, 0.3) is 0 Å². The van der Waals surface area contributed by atoms with Crippen molar-refractivity contribution in [1.82, 2.24) is 5.32 Å². The highest BCUT2D eigenvalue weighted by Crippen LogP contribution is 2.36. The van der Waals surface area contributed by atoms with E-state index in [2.05, 4.69) is 24.0 Å². The Morgan fingerprint density at radius 2 is 2.00 bits per heavy atom. The zero-order chi connectivity index (χ0) is 15.5. The Kier molecular flexibility index (Phi) is 4.36. The van der Waals surface area contributed by atoms with E-state index in [0.717, 1.165) is 29.9 Å². The Morgan fingerprint density at radius 3 is 2.68 bits per heavy atom. The van der Waals surface area contributed by atoms with E-state index in [0.29, 0.717) is 24.6 Å². The van der Waals surface area contributed by atoms with Crippen LogP contribution in [0.4, 0.5) is 0 Å². The Balaban J connectivity index is 1.80. The summed E-state index contributed by atoms with van der Waals surface area (Å²) >= 11 is 0. The van der Waals surface area contributed by atoms with Crippen LogP contribution in [-0.2, 0) is 4.79 Å². The quantitative estimate of drug-likeness (QED) is 0.869. The molecule has 0 bridgehead atoms. The predicted molar refractivity (Wildman–Crippen MR) is 85.4 cm³/mol. The molecule has 1 heterocycles. The van der Waals surface area contributed by atoms with Crippen LogP contribution in [0.15, 0.2) is 30.4 Å². The molecule has 22 heavy (non-hydrogen) atoms. The SMILES string of the molecule is C=C1C[C@@H](c2ccc(OC)c(OC3CCCC3)c2)CNC1=O. The minimum Gasteiger partial charge on any atom is -0.493 e. The lowest BCUT2D eigenvalue weighted by Crippen LogP contribution is -2.35. The van der Waals surface area contributed by atoms with E-state index >= 15 is 0 Å². The van der Waals surface area contributed by atoms with Crippen LogP contribution in [0.3, 0.4) is 0 Å². The second-order valence-corrected chi connectivity index (χ2v) is 6.15. The third-order valence-corrected chi connectivity index (χ3v) is 4.58. The Bertz CT molecular complexity index is 576. The number of nitrogens with one attached hydrogen (secondary N) is 1. The summed E-state index contributed by atoms with van der Waals surface area (Å²) in [5.74, 6) is 1.80. The van der Waals surface area contributed by atoms with Crippen molar-refractivity contribution in [3.05, 3.63) is 35.9 Å². The van der Waals surface area contributed by atoms with Gasteiger partial charge in [-0.3, -0.25) is 4.79 Å². The van der Waals surface area contributed by atoms with Gasteiger partial charge in [-0.2, -0.15) is 0 Å². The number of ether oxygens (including phenoxy) is 2. The van der Waals surface area contributed by atoms with E-state index in [-0.39, 0.29) is 11.8 Å². The fourth-order valence-electron chi connectivity index (χ4n) is 3.26. The molecule has 118 valence electrons. The van der Waals surface area contributed by atoms with Gasteiger partial charge in [-0.05, 0) is 49.8 Å². The molecule has 1 aromatic rings. The molecule has 1 saturated carbocycles. The van der Waals surface area contributed by atoms with Crippen molar-refractivity contribution in [1.29, 1.82) is 0 Å². The Hall–Kier alpha value is -1.97. The second kappa shape index (κ2) is 6.42. The fourth-order valence-corrected chi connectivity index (χ4v) is 3.26. The summed E-state index contributed by atoms with van der Waals surface area (Å²) in [6, 6.07) is 6.07. The molecular formula is C18H23NO3. The van der Waals surface area contributed by atoms with Gasteiger partial charge in [-0.1, -0.05) is 12.6 Å². The van der Waals surface area contributed by atoms with Crippen molar-refractivity contribution in [3.8, 4) is 11.5 Å². The summed E-state index contributed by atoms with van der Waals surface area (Å²) in [6.45, 7) is 4.49. The maximum atomic E-state index is 11.5. The van der Waals surface area contributed by atoms with E-state index in [4.69, 9.17) is 9.47 Å². The molecule has 0 spiro atoms. The van der Waals surface area contributed by atoms with Gasteiger partial charge in [0.15, 0.2) is 11.5 Å². The lowest BCUT2D eigenvalue weighted by molar-refractivity contribution is -0.118. The second-order valence-electron chi connectivity index (χ2n) is 6.15. The maximum Gasteiger partial charge on any atom is 0.246 e. The Morgan fingerprint density at radius 1 is 1.23 bits per heavy atom. The van der Waals surface area contributed by atoms with E-state index in [1.165, 1.54) is 12.8 Å². The average Bonchev–Trinajstić information content (AvgIpc) is 3.03. The third kappa shape index (κ3) is 3.11. The lowest BCUT2D eigenvalue weighted by atomic mass is 9.89. The van der Waals surface area contributed by atoms with Crippen LogP contribution in [0.5, 0.6) is 11.5 Å². The van der Waals surface area contributed by atoms with Crippen LogP contribution < -0.4 is 14.8 Å². The van der Waals surface area contributed by atoms with E-state index in [1.807, 2.05) is 6.07 Å². The topological polar surface area (TPSA) is 47.6 Å². The number of amides is 1. The summed E-state index contributed by atoms with van der Waals surface area (Å²) in [5, 5.41) is 2.89. The molecule has 1 aliphatic heterocycles. The van der Waals surface area contributed by atoms with Gasteiger partial charge in [-0.25, -0.2) is 0 Å². The van der Waals surface area contributed by atoms with Gasteiger partial charge in [0.25, 0.3) is 0 Å². The van der Waals surface area contributed by atoms with E-state index in [1.54, 1.807) is 7.11 Å². The highest BCUT2D eigenvalue weighted by atomic mass is 16.5. The fraction of sp³-hybridized carbons (Fsp3) is 0.500. The van der Waals surface area contributed by atoms with Gasteiger partial charge in [-0.15, -0.1) is 0 Å². The standard InChI is InChI=1S/C18H23NO3/c1-12-9-14(11-19-18(12)20)13-7-8-16(21-2)17(10-13)22-15-5-3-4-6-15/h7-8,10,14-15H,1,3-6,9,11H2,2H3,(H,19,20)/t14-/m1/s1. The highest BCUT2D eigenvalue weighted by molar-refractivity contribution is 5.93. The van der Waals surface area contributed by atoms with Crippen molar-refractivity contribution >= 4 is 5.91 Å². The van der Waals surface area contributed by atoms with Crippen LogP contribution in [0.1, 0.15) is 43.6 Å². The predicted octanol–water partition coefficient (Wildman–Crippen LogP) is 3.18. The number of piperidine rings is 1. The Labute approximate surface area is 131 Å². The first kappa shape index (κ1) is 14.9. The van der Waals surface area contributed by atoms with Crippen molar-refractivity contribution in [2.75, 3.05) is 13.7 Å². The van der Waals surface area contributed by atoms with Crippen molar-refractivity contribution in [3.63, 3.8) is 0 Å². The number of benzene rings is 1. The molecule has 0 unspecified atom stereocenters. The molecular weight excluding hydrogens is 278 g/mol. The minimum atomic E-state index is -0.0350. The van der Waals surface area contributed by atoms with Crippen molar-refractivity contribution in [2.45, 2.75) is 44.1 Å². The zero-order valence-electron chi connectivity index (χ0n) is 13.1. The average molecular weight is 301 g/mol. The number of hydrogen-bond acceptors (Lipinski definition) is 3. The first-order valence-electron chi connectivity index (χ1n) is 7.98. The number of carbonyl (C=O) groups is 1.